The Morgan fingerprint density at radius 1 is 1.00 bits per heavy atom. The van der Waals surface area contributed by atoms with Crippen molar-refractivity contribution in [2.24, 2.45) is 0 Å². The van der Waals surface area contributed by atoms with E-state index in [1.165, 1.54) is 12.1 Å². The monoisotopic (exact) mass is 387 g/mol. The van der Waals surface area contributed by atoms with Gasteiger partial charge in [-0.25, -0.2) is 8.42 Å². The molecular formula is C17H19Cl2NO3S. The summed E-state index contributed by atoms with van der Waals surface area (Å²) in [5.41, 5.74) is 3.28. The second kappa shape index (κ2) is 7.21. The summed E-state index contributed by atoms with van der Waals surface area (Å²) in [7, 11) is -3.88. The van der Waals surface area contributed by atoms with Crippen LogP contribution in [0, 0.1) is 20.8 Å². The first kappa shape index (κ1) is 18.9. The van der Waals surface area contributed by atoms with Crippen LogP contribution < -0.4 is 9.46 Å². The molecule has 2 aromatic rings. The van der Waals surface area contributed by atoms with Crippen LogP contribution in [0.3, 0.4) is 0 Å². The lowest BCUT2D eigenvalue weighted by molar-refractivity contribution is 0.340. The molecule has 2 rings (SSSR count). The van der Waals surface area contributed by atoms with E-state index in [0.717, 1.165) is 16.7 Å². The zero-order valence-corrected chi connectivity index (χ0v) is 16.2. The quantitative estimate of drug-likeness (QED) is 0.774. The van der Waals surface area contributed by atoms with Crippen LogP contribution in [0.1, 0.15) is 23.6 Å². The van der Waals surface area contributed by atoms with Crippen LogP contribution in [0.2, 0.25) is 10.0 Å². The van der Waals surface area contributed by atoms with Crippen molar-refractivity contribution in [1.82, 2.24) is 0 Å². The molecule has 0 spiro atoms. The van der Waals surface area contributed by atoms with E-state index < -0.39 is 10.0 Å². The van der Waals surface area contributed by atoms with E-state index in [4.69, 9.17) is 27.9 Å². The number of sulfonamides is 1. The molecule has 2 aromatic carbocycles. The van der Waals surface area contributed by atoms with Crippen molar-refractivity contribution in [2.75, 3.05) is 11.3 Å². The van der Waals surface area contributed by atoms with Crippen molar-refractivity contribution in [3.63, 3.8) is 0 Å². The fraction of sp³-hybridized carbons (Fsp3) is 0.294. The van der Waals surface area contributed by atoms with E-state index in [1.54, 1.807) is 6.92 Å². The second-order valence-electron chi connectivity index (χ2n) is 5.53. The van der Waals surface area contributed by atoms with Gasteiger partial charge >= 0.3 is 0 Å². The van der Waals surface area contributed by atoms with Crippen LogP contribution >= 0.6 is 23.2 Å². The molecule has 24 heavy (non-hydrogen) atoms. The first-order valence-electron chi connectivity index (χ1n) is 7.38. The number of hydrogen-bond donors (Lipinski definition) is 1. The van der Waals surface area contributed by atoms with Crippen LogP contribution in [0.25, 0.3) is 0 Å². The van der Waals surface area contributed by atoms with Gasteiger partial charge in [-0.1, -0.05) is 40.9 Å². The van der Waals surface area contributed by atoms with Crippen LogP contribution in [-0.2, 0) is 10.0 Å². The first-order chi connectivity index (χ1) is 11.2. The van der Waals surface area contributed by atoms with Crippen molar-refractivity contribution in [3.05, 3.63) is 51.0 Å². The van der Waals surface area contributed by atoms with Gasteiger partial charge in [0.05, 0.1) is 22.3 Å². The average molecular weight is 388 g/mol. The summed E-state index contributed by atoms with van der Waals surface area (Å²) in [5, 5.41) is 0.247. The summed E-state index contributed by atoms with van der Waals surface area (Å²) >= 11 is 12.2. The molecule has 0 heterocycles. The predicted molar refractivity (Wildman–Crippen MR) is 99.1 cm³/mol. The Labute approximate surface area is 152 Å². The van der Waals surface area contributed by atoms with Crippen molar-refractivity contribution < 1.29 is 13.2 Å². The highest BCUT2D eigenvalue weighted by atomic mass is 35.5. The fourth-order valence-electron chi connectivity index (χ4n) is 2.51. The Kier molecular flexibility index (Phi) is 5.68. The normalized spacial score (nSPS) is 11.4. The Morgan fingerprint density at radius 2 is 1.58 bits per heavy atom. The minimum absolute atomic E-state index is 0.0535. The highest BCUT2D eigenvalue weighted by Crippen LogP contribution is 2.35. The van der Waals surface area contributed by atoms with E-state index in [2.05, 4.69) is 4.72 Å². The van der Waals surface area contributed by atoms with Gasteiger partial charge in [-0.3, -0.25) is 4.72 Å². The number of nitrogens with one attached hydrogen (secondary N) is 1. The number of rotatable bonds is 5. The van der Waals surface area contributed by atoms with Gasteiger partial charge in [-0.05, 0) is 44.9 Å². The van der Waals surface area contributed by atoms with Gasteiger partial charge in [0.25, 0.3) is 10.0 Å². The van der Waals surface area contributed by atoms with E-state index in [1.807, 2.05) is 32.9 Å². The molecule has 7 heteroatoms. The van der Waals surface area contributed by atoms with Crippen molar-refractivity contribution >= 4 is 38.9 Å². The summed E-state index contributed by atoms with van der Waals surface area (Å²) in [6.45, 7) is 7.87. The molecule has 130 valence electrons. The van der Waals surface area contributed by atoms with Crippen LogP contribution in [0.5, 0.6) is 5.75 Å². The number of anilines is 1. The van der Waals surface area contributed by atoms with Gasteiger partial charge in [0.2, 0.25) is 0 Å². The molecule has 0 aliphatic heterocycles. The molecule has 0 amide bonds. The van der Waals surface area contributed by atoms with E-state index in [9.17, 15) is 8.42 Å². The molecular weight excluding hydrogens is 369 g/mol. The molecule has 1 N–H and O–H groups in total. The highest BCUT2D eigenvalue weighted by Gasteiger charge is 2.22. The number of halogens is 2. The molecule has 0 saturated heterocycles. The summed E-state index contributed by atoms with van der Waals surface area (Å²) < 4.78 is 33.4. The Balaban J connectivity index is 2.47. The molecule has 0 atom stereocenters. The van der Waals surface area contributed by atoms with Crippen molar-refractivity contribution in [2.45, 2.75) is 32.6 Å². The average Bonchev–Trinajstić information content (AvgIpc) is 2.46. The maximum atomic E-state index is 12.7. The standard InChI is InChI=1S/C17H19Cl2NO3S/c1-5-23-15-8-14(19)16(9-13(15)18)24(21,22)20-17-11(3)6-10(2)7-12(17)4/h6-9,20H,5H2,1-4H3. The zero-order chi connectivity index (χ0) is 18.1. The summed E-state index contributed by atoms with van der Waals surface area (Å²) in [6.07, 6.45) is 0. The number of aryl methyl sites for hydroxylation is 3. The molecule has 4 nitrogen and oxygen atoms in total. The number of benzene rings is 2. The molecule has 0 fully saturated rings. The Morgan fingerprint density at radius 3 is 2.12 bits per heavy atom. The van der Waals surface area contributed by atoms with E-state index in [-0.39, 0.29) is 14.9 Å². The molecule has 0 radical (unpaired) electrons. The van der Waals surface area contributed by atoms with E-state index >= 15 is 0 Å². The lowest BCUT2D eigenvalue weighted by Gasteiger charge is -2.16. The van der Waals surface area contributed by atoms with Crippen molar-refractivity contribution in [1.29, 1.82) is 0 Å². The van der Waals surface area contributed by atoms with Crippen molar-refractivity contribution in [3.8, 4) is 5.75 Å². The molecule has 0 saturated carbocycles. The summed E-state index contributed by atoms with van der Waals surface area (Å²) in [4.78, 5) is -0.0861. The number of ether oxygens (including phenoxy) is 1. The fourth-order valence-corrected chi connectivity index (χ4v) is 4.54. The molecule has 0 aliphatic carbocycles. The molecule has 0 unspecified atom stereocenters. The van der Waals surface area contributed by atoms with Gasteiger partial charge in [0.1, 0.15) is 10.6 Å². The lowest BCUT2D eigenvalue weighted by Crippen LogP contribution is -2.15. The largest absolute Gasteiger partial charge is 0.492 e. The van der Waals surface area contributed by atoms with Crippen LogP contribution in [0.4, 0.5) is 5.69 Å². The lowest BCUT2D eigenvalue weighted by atomic mass is 10.1. The van der Waals surface area contributed by atoms with Crippen LogP contribution in [-0.4, -0.2) is 15.0 Å². The van der Waals surface area contributed by atoms with Gasteiger partial charge in [0, 0.05) is 6.07 Å². The summed E-state index contributed by atoms with van der Waals surface area (Å²) in [6, 6.07) is 6.54. The second-order valence-corrected chi connectivity index (χ2v) is 7.99. The maximum Gasteiger partial charge on any atom is 0.263 e. The van der Waals surface area contributed by atoms with Gasteiger partial charge in [0.15, 0.2) is 0 Å². The number of hydrogen-bond acceptors (Lipinski definition) is 3. The summed E-state index contributed by atoms with van der Waals surface area (Å²) in [5.74, 6) is 0.353. The van der Waals surface area contributed by atoms with Gasteiger partial charge in [-0.2, -0.15) is 0 Å². The Hall–Kier alpha value is -1.43. The van der Waals surface area contributed by atoms with Crippen LogP contribution in [0.15, 0.2) is 29.2 Å². The third-order valence-corrected chi connectivity index (χ3v) is 5.60. The minimum atomic E-state index is -3.88. The molecule has 0 bridgehead atoms. The molecule has 0 aliphatic rings. The van der Waals surface area contributed by atoms with E-state index in [0.29, 0.717) is 18.0 Å². The van der Waals surface area contributed by atoms with Gasteiger partial charge < -0.3 is 4.74 Å². The Bertz CT molecular complexity index is 857. The molecule has 0 aromatic heterocycles. The third kappa shape index (κ3) is 3.97. The van der Waals surface area contributed by atoms with Gasteiger partial charge in [-0.15, -0.1) is 0 Å². The predicted octanol–water partition coefficient (Wildman–Crippen LogP) is 5.12. The maximum absolute atomic E-state index is 12.7. The first-order valence-corrected chi connectivity index (χ1v) is 9.62. The third-order valence-electron chi connectivity index (χ3n) is 3.49. The smallest absolute Gasteiger partial charge is 0.263 e. The minimum Gasteiger partial charge on any atom is -0.492 e. The highest BCUT2D eigenvalue weighted by molar-refractivity contribution is 7.92. The topological polar surface area (TPSA) is 55.4 Å². The SMILES string of the molecule is CCOc1cc(Cl)c(S(=O)(=O)Nc2c(C)cc(C)cc2C)cc1Cl. The zero-order valence-electron chi connectivity index (χ0n) is 13.9.